The Morgan fingerprint density at radius 3 is 3.07 bits per heavy atom. The molecule has 1 fully saturated rings. The lowest BCUT2D eigenvalue weighted by Gasteiger charge is -2.10. The largest absolute Gasteiger partial charge is 0.281 e. The summed E-state index contributed by atoms with van der Waals surface area (Å²) in [5, 5.41) is 7.36. The molecule has 1 saturated heterocycles. The Labute approximate surface area is 96.6 Å². The van der Waals surface area contributed by atoms with Crippen molar-refractivity contribution in [1.82, 2.24) is 15.2 Å². The molecule has 1 atom stereocenters. The molecule has 0 aromatic carbocycles. The second kappa shape index (κ2) is 4.40. The van der Waals surface area contributed by atoms with Crippen molar-refractivity contribution >= 4 is 35.2 Å². The van der Waals surface area contributed by atoms with E-state index in [0.717, 1.165) is 0 Å². The number of carbonyl (C=O) groups is 1. The molecular weight excluding hydrogens is 236 g/mol. The minimum atomic E-state index is 0.0597. The number of thioether (sulfide) groups is 1. The lowest BCUT2D eigenvalue weighted by Crippen LogP contribution is -2.25. The van der Waals surface area contributed by atoms with E-state index in [1.807, 2.05) is 6.26 Å². The number of halogens is 1. The second-order valence-corrected chi connectivity index (χ2v) is 4.46. The summed E-state index contributed by atoms with van der Waals surface area (Å²) in [5.74, 6) is 1.31. The van der Waals surface area contributed by atoms with Gasteiger partial charge in [-0.3, -0.25) is 9.69 Å². The smallest absolute Gasteiger partial charge is 0.229 e. The molecule has 1 unspecified atom stereocenters. The molecule has 1 aromatic rings. The van der Waals surface area contributed by atoms with E-state index >= 15 is 0 Å². The first kappa shape index (κ1) is 10.8. The van der Waals surface area contributed by atoms with Crippen molar-refractivity contribution in [2.75, 3.05) is 23.6 Å². The SMILES string of the molecule is CSc1n[nH]c(N2CC(CCl)CC2=O)n1. The van der Waals surface area contributed by atoms with Gasteiger partial charge in [-0.25, -0.2) is 5.10 Å². The first-order valence-electron chi connectivity index (χ1n) is 4.57. The Morgan fingerprint density at radius 2 is 2.53 bits per heavy atom. The summed E-state index contributed by atoms with van der Waals surface area (Å²) in [6.07, 6.45) is 2.39. The number of hydrogen-bond donors (Lipinski definition) is 1. The monoisotopic (exact) mass is 246 g/mol. The van der Waals surface area contributed by atoms with Crippen molar-refractivity contribution in [3.05, 3.63) is 0 Å². The molecule has 2 rings (SSSR count). The number of carbonyl (C=O) groups excluding carboxylic acids is 1. The van der Waals surface area contributed by atoms with Crippen LogP contribution in [0.1, 0.15) is 6.42 Å². The fraction of sp³-hybridized carbons (Fsp3) is 0.625. The Bertz CT molecular complexity index is 369. The second-order valence-electron chi connectivity index (χ2n) is 3.37. The van der Waals surface area contributed by atoms with E-state index in [-0.39, 0.29) is 11.8 Å². The summed E-state index contributed by atoms with van der Waals surface area (Å²) < 4.78 is 0. The van der Waals surface area contributed by atoms with Crippen LogP contribution < -0.4 is 4.90 Å². The molecule has 1 aliphatic heterocycles. The molecule has 1 N–H and O–H groups in total. The highest BCUT2D eigenvalue weighted by atomic mass is 35.5. The number of nitrogens with zero attached hydrogens (tertiary/aromatic N) is 3. The van der Waals surface area contributed by atoms with Gasteiger partial charge in [0, 0.05) is 18.8 Å². The molecule has 82 valence electrons. The molecule has 0 radical (unpaired) electrons. The van der Waals surface area contributed by atoms with Gasteiger partial charge < -0.3 is 0 Å². The number of anilines is 1. The molecular formula is C8H11ClN4OS. The van der Waals surface area contributed by atoms with Gasteiger partial charge in [-0.1, -0.05) is 11.8 Å². The zero-order valence-corrected chi connectivity index (χ0v) is 9.81. The fourth-order valence-corrected chi connectivity index (χ4v) is 2.06. The lowest BCUT2D eigenvalue weighted by molar-refractivity contribution is -0.117. The summed E-state index contributed by atoms with van der Waals surface area (Å²) in [5.41, 5.74) is 0. The van der Waals surface area contributed by atoms with Crippen LogP contribution in [0.2, 0.25) is 0 Å². The van der Waals surface area contributed by atoms with E-state index in [2.05, 4.69) is 15.2 Å². The number of hydrogen-bond acceptors (Lipinski definition) is 4. The highest BCUT2D eigenvalue weighted by molar-refractivity contribution is 7.98. The van der Waals surface area contributed by atoms with Crippen molar-refractivity contribution in [2.24, 2.45) is 5.92 Å². The van der Waals surface area contributed by atoms with Gasteiger partial charge in [-0.15, -0.1) is 16.7 Å². The molecule has 0 spiro atoms. The van der Waals surface area contributed by atoms with E-state index in [4.69, 9.17) is 11.6 Å². The third-order valence-corrected chi connectivity index (χ3v) is 3.30. The van der Waals surface area contributed by atoms with Gasteiger partial charge in [0.05, 0.1) is 0 Å². The van der Waals surface area contributed by atoms with Crippen molar-refractivity contribution < 1.29 is 4.79 Å². The Balaban J connectivity index is 2.14. The van der Waals surface area contributed by atoms with Crippen molar-refractivity contribution in [1.29, 1.82) is 0 Å². The molecule has 1 aliphatic rings. The highest BCUT2D eigenvalue weighted by Crippen LogP contribution is 2.23. The van der Waals surface area contributed by atoms with Crippen LogP contribution in [0.15, 0.2) is 5.16 Å². The van der Waals surface area contributed by atoms with Crippen LogP contribution in [0.5, 0.6) is 0 Å². The first-order valence-corrected chi connectivity index (χ1v) is 6.33. The van der Waals surface area contributed by atoms with Crippen molar-refractivity contribution in [2.45, 2.75) is 11.6 Å². The average molecular weight is 247 g/mol. The molecule has 0 saturated carbocycles. The fourth-order valence-electron chi connectivity index (χ4n) is 1.54. The molecule has 1 aromatic heterocycles. The van der Waals surface area contributed by atoms with E-state index in [1.165, 1.54) is 11.8 Å². The van der Waals surface area contributed by atoms with Gasteiger partial charge in [0.25, 0.3) is 0 Å². The minimum Gasteiger partial charge on any atom is -0.281 e. The predicted octanol–water partition coefficient (Wildman–Crippen LogP) is 1.12. The van der Waals surface area contributed by atoms with E-state index in [0.29, 0.717) is 30.0 Å². The van der Waals surface area contributed by atoms with E-state index < -0.39 is 0 Å². The van der Waals surface area contributed by atoms with Crippen molar-refractivity contribution in [3.63, 3.8) is 0 Å². The Morgan fingerprint density at radius 1 is 1.73 bits per heavy atom. The number of alkyl halides is 1. The molecule has 7 heteroatoms. The predicted molar refractivity (Wildman–Crippen MR) is 59.3 cm³/mol. The zero-order valence-electron chi connectivity index (χ0n) is 8.23. The topological polar surface area (TPSA) is 61.9 Å². The van der Waals surface area contributed by atoms with Crippen LogP contribution in [0.25, 0.3) is 0 Å². The van der Waals surface area contributed by atoms with Crippen LogP contribution in [0.3, 0.4) is 0 Å². The van der Waals surface area contributed by atoms with Crippen LogP contribution in [0, 0.1) is 5.92 Å². The maximum Gasteiger partial charge on any atom is 0.229 e. The molecule has 0 aliphatic carbocycles. The lowest BCUT2D eigenvalue weighted by atomic mass is 10.2. The minimum absolute atomic E-state index is 0.0597. The van der Waals surface area contributed by atoms with Crippen LogP contribution in [0.4, 0.5) is 5.95 Å². The van der Waals surface area contributed by atoms with Gasteiger partial charge >= 0.3 is 0 Å². The average Bonchev–Trinajstić information content (AvgIpc) is 2.83. The van der Waals surface area contributed by atoms with Gasteiger partial charge in [-0.05, 0) is 12.2 Å². The molecule has 2 heterocycles. The maximum atomic E-state index is 11.6. The van der Waals surface area contributed by atoms with Crippen LogP contribution in [-0.2, 0) is 4.79 Å². The van der Waals surface area contributed by atoms with Crippen LogP contribution in [-0.4, -0.2) is 39.8 Å². The third-order valence-electron chi connectivity index (χ3n) is 2.31. The number of H-pyrrole nitrogens is 1. The van der Waals surface area contributed by atoms with Crippen molar-refractivity contribution in [3.8, 4) is 0 Å². The number of rotatable bonds is 3. The van der Waals surface area contributed by atoms with Gasteiger partial charge in [0.15, 0.2) is 0 Å². The number of aromatic amines is 1. The summed E-state index contributed by atoms with van der Waals surface area (Å²) in [7, 11) is 0. The van der Waals surface area contributed by atoms with Gasteiger partial charge in [-0.2, -0.15) is 4.98 Å². The Hall–Kier alpha value is -0.750. The third kappa shape index (κ3) is 2.10. The first-order chi connectivity index (χ1) is 7.24. The molecule has 0 bridgehead atoms. The standard InChI is InChI=1S/C8H11ClN4OS/c1-15-8-10-7(11-12-8)13-4-5(3-9)2-6(13)14/h5H,2-4H2,1H3,(H,10,11,12). The molecule has 5 nitrogen and oxygen atoms in total. The van der Waals surface area contributed by atoms with Gasteiger partial charge in [0.2, 0.25) is 17.0 Å². The normalized spacial score (nSPS) is 21.3. The zero-order chi connectivity index (χ0) is 10.8. The number of aromatic nitrogens is 3. The van der Waals surface area contributed by atoms with E-state index in [9.17, 15) is 4.79 Å². The molecule has 1 amide bonds. The quantitative estimate of drug-likeness (QED) is 0.641. The maximum absolute atomic E-state index is 11.6. The highest BCUT2D eigenvalue weighted by Gasteiger charge is 2.31. The summed E-state index contributed by atoms with van der Waals surface area (Å²) in [6, 6.07) is 0. The number of amides is 1. The van der Waals surface area contributed by atoms with E-state index in [1.54, 1.807) is 4.90 Å². The van der Waals surface area contributed by atoms with Gasteiger partial charge in [0.1, 0.15) is 0 Å². The summed E-state index contributed by atoms with van der Waals surface area (Å²) >= 11 is 7.17. The Kier molecular flexibility index (Phi) is 3.16. The summed E-state index contributed by atoms with van der Waals surface area (Å²) in [4.78, 5) is 17.4. The molecule has 15 heavy (non-hydrogen) atoms. The summed E-state index contributed by atoms with van der Waals surface area (Å²) in [6.45, 7) is 0.630. The van der Waals surface area contributed by atoms with Crippen LogP contribution >= 0.6 is 23.4 Å². The number of nitrogens with one attached hydrogen (secondary N) is 1.